The lowest BCUT2D eigenvalue weighted by atomic mass is 10.1. The van der Waals surface area contributed by atoms with E-state index < -0.39 is 0 Å². The molecule has 0 aliphatic carbocycles. The Morgan fingerprint density at radius 2 is 2.05 bits per heavy atom. The van der Waals surface area contributed by atoms with Crippen LogP contribution in [-0.4, -0.2) is 19.3 Å². The van der Waals surface area contributed by atoms with E-state index in [-0.39, 0.29) is 5.54 Å². The van der Waals surface area contributed by atoms with Crippen LogP contribution in [0.1, 0.15) is 39.2 Å². The smallest absolute Gasteiger partial charge is 0.179 e. The first-order chi connectivity index (χ1) is 9.87. The van der Waals surface area contributed by atoms with Crippen molar-refractivity contribution in [1.82, 2.24) is 5.32 Å². The summed E-state index contributed by atoms with van der Waals surface area (Å²) in [5, 5.41) is 4.01. The zero-order valence-corrected chi connectivity index (χ0v) is 14.2. The quantitative estimate of drug-likeness (QED) is 0.563. The molecule has 0 radical (unpaired) electrons. The number of nitrogens with one attached hydrogen (secondary N) is 1. The van der Waals surface area contributed by atoms with Crippen molar-refractivity contribution in [3.05, 3.63) is 35.4 Å². The summed E-state index contributed by atoms with van der Waals surface area (Å²) in [5.41, 5.74) is 1.13. The molecule has 0 aliphatic heterocycles. The van der Waals surface area contributed by atoms with Crippen LogP contribution >= 0.6 is 11.6 Å². The molecular weight excluding hydrogens is 286 g/mol. The first-order valence-electron chi connectivity index (χ1n) is 7.22. The van der Waals surface area contributed by atoms with E-state index in [0.717, 1.165) is 24.9 Å². The lowest BCUT2D eigenvalue weighted by Crippen LogP contribution is -2.35. The zero-order valence-electron chi connectivity index (χ0n) is 13.5. The van der Waals surface area contributed by atoms with E-state index in [4.69, 9.17) is 21.1 Å². The summed E-state index contributed by atoms with van der Waals surface area (Å²) in [7, 11) is 1.63. The third-order valence-corrected chi connectivity index (χ3v) is 3.19. The number of unbranched alkanes of at least 4 members (excludes halogenated alkanes) is 1. The molecular formula is C17H26ClNO2. The summed E-state index contributed by atoms with van der Waals surface area (Å²) in [6, 6.07) is 3.89. The van der Waals surface area contributed by atoms with E-state index in [1.54, 1.807) is 7.11 Å². The molecule has 1 aromatic rings. The lowest BCUT2D eigenvalue weighted by molar-refractivity contribution is 0.290. The monoisotopic (exact) mass is 311 g/mol. The second-order valence-electron chi connectivity index (χ2n) is 5.99. The van der Waals surface area contributed by atoms with E-state index in [0.29, 0.717) is 23.1 Å². The van der Waals surface area contributed by atoms with Crippen molar-refractivity contribution in [2.45, 2.75) is 45.7 Å². The lowest BCUT2D eigenvalue weighted by Gasteiger charge is -2.21. The fourth-order valence-electron chi connectivity index (χ4n) is 1.78. The molecule has 0 saturated heterocycles. The van der Waals surface area contributed by atoms with E-state index >= 15 is 0 Å². The van der Waals surface area contributed by atoms with Gasteiger partial charge in [0.25, 0.3) is 0 Å². The number of allylic oxidation sites excluding steroid dienone is 1. The van der Waals surface area contributed by atoms with Crippen LogP contribution in [0.25, 0.3) is 0 Å². The first-order valence-corrected chi connectivity index (χ1v) is 7.60. The number of ether oxygens (including phenoxy) is 2. The molecule has 118 valence electrons. The maximum atomic E-state index is 6.32. The molecule has 4 heteroatoms. The van der Waals surface area contributed by atoms with Crippen molar-refractivity contribution >= 4 is 11.6 Å². The van der Waals surface area contributed by atoms with Gasteiger partial charge in [-0.2, -0.15) is 0 Å². The summed E-state index contributed by atoms with van der Waals surface area (Å²) in [6.07, 6.45) is 3.72. The first kappa shape index (κ1) is 17.9. The molecule has 0 heterocycles. The third kappa shape index (κ3) is 6.40. The molecule has 1 aromatic carbocycles. The SMILES string of the molecule is C=CCCCOc1c(Cl)cc(CNC(C)(C)C)cc1OC. The molecule has 0 unspecified atom stereocenters. The summed E-state index contributed by atoms with van der Waals surface area (Å²) in [4.78, 5) is 0. The molecule has 1 rings (SSSR count). The Kier molecular flexibility index (Phi) is 7.06. The van der Waals surface area contributed by atoms with Crippen molar-refractivity contribution in [3.63, 3.8) is 0 Å². The van der Waals surface area contributed by atoms with Crippen LogP contribution < -0.4 is 14.8 Å². The topological polar surface area (TPSA) is 30.5 Å². The van der Waals surface area contributed by atoms with Crippen LogP contribution in [-0.2, 0) is 6.54 Å². The van der Waals surface area contributed by atoms with Crippen molar-refractivity contribution in [1.29, 1.82) is 0 Å². The Hall–Kier alpha value is -1.19. The van der Waals surface area contributed by atoms with Crippen LogP contribution in [0.5, 0.6) is 11.5 Å². The van der Waals surface area contributed by atoms with E-state index in [1.165, 1.54) is 0 Å². The van der Waals surface area contributed by atoms with Crippen LogP contribution in [0.15, 0.2) is 24.8 Å². The zero-order chi connectivity index (χ0) is 15.9. The summed E-state index contributed by atoms with van der Waals surface area (Å²) in [6.45, 7) is 11.4. The molecule has 0 fully saturated rings. The van der Waals surface area contributed by atoms with Crippen molar-refractivity contribution in [2.75, 3.05) is 13.7 Å². The van der Waals surface area contributed by atoms with Gasteiger partial charge in [0.2, 0.25) is 0 Å². The van der Waals surface area contributed by atoms with Crippen LogP contribution in [0.3, 0.4) is 0 Å². The Bertz CT molecular complexity index is 467. The Balaban J connectivity index is 2.79. The van der Waals surface area contributed by atoms with Gasteiger partial charge in [-0.05, 0) is 51.3 Å². The minimum Gasteiger partial charge on any atom is -0.493 e. The van der Waals surface area contributed by atoms with E-state index in [9.17, 15) is 0 Å². The van der Waals surface area contributed by atoms with Gasteiger partial charge in [-0.25, -0.2) is 0 Å². The number of hydrogen-bond acceptors (Lipinski definition) is 3. The van der Waals surface area contributed by atoms with Crippen LogP contribution in [0.4, 0.5) is 0 Å². The number of hydrogen-bond donors (Lipinski definition) is 1. The molecule has 0 atom stereocenters. The van der Waals surface area contributed by atoms with Gasteiger partial charge in [0.05, 0.1) is 18.7 Å². The van der Waals surface area contributed by atoms with Crippen LogP contribution in [0, 0.1) is 0 Å². The Morgan fingerprint density at radius 1 is 1.33 bits per heavy atom. The molecule has 0 amide bonds. The maximum absolute atomic E-state index is 6.32. The second-order valence-corrected chi connectivity index (χ2v) is 6.40. The molecule has 1 N–H and O–H groups in total. The molecule has 0 saturated carbocycles. The molecule has 3 nitrogen and oxygen atoms in total. The summed E-state index contributed by atoms with van der Waals surface area (Å²) < 4.78 is 11.1. The van der Waals surface area contributed by atoms with Gasteiger partial charge in [0.1, 0.15) is 0 Å². The standard InChI is InChI=1S/C17H26ClNO2/c1-6-7-8-9-21-16-14(18)10-13(11-15(16)20-5)12-19-17(2,3)4/h6,10-11,19H,1,7-9,12H2,2-5H3. The number of methoxy groups -OCH3 is 1. The van der Waals surface area contributed by atoms with E-state index in [1.807, 2.05) is 18.2 Å². The highest BCUT2D eigenvalue weighted by atomic mass is 35.5. The molecule has 21 heavy (non-hydrogen) atoms. The average molecular weight is 312 g/mol. The number of halogens is 1. The molecule has 0 aliphatic rings. The minimum atomic E-state index is 0.0551. The van der Waals surface area contributed by atoms with E-state index in [2.05, 4.69) is 32.7 Å². The highest BCUT2D eigenvalue weighted by Gasteiger charge is 2.14. The predicted octanol–water partition coefficient (Wildman–Crippen LogP) is 4.58. The summed E-state index contributed by atoms with van der Waals surface area (Å²) in [5.74, 6) is 1.29. The molecule has 0 spiro atoms. The maximum Gasteiger partial charge on any atom is 0.179 e. The largest absolute Gasteiger partial charge is 0.493 e. The normalized spacial score (nSPS) is 11.3. The van der Waals surface area contributed by atoms with Gasteiger partial charge in [-0.15, -0.1) is 6.58 Å². The molecule has 0 aromatic heterocycles. The van der Waals surface area contributed by atoms with Gasteiger partial charge in [-0.3, -0.25) is 0 Å². The van der Waals surface area contributed by atoms with Crippen molar-refractivity contribution in [2.24, 2.45) is 0 Å². The molecule has 0 bridgehead atoms. The number of benzene rings is 1. The van der Waals surface area contributed by atoms with Gasteiger partial charge < -0.3 is 14.8 Å². The van der Waals surface area contributed by atoms with Crippen molar-refractivity contribution in [3.8, 4) is 11.5 Å². The average Bonchev–Trinajstić information content (AvgIpc) is 2.41. The highest BCUT2D eigenvalue weighted by Crippen LogP contribution is 2.36. The van der Waals surface area contributed by atoms with Gasteiger partial charge >= 0.3 is 0 Å². The minimum absolute atomic E-state index is 0.0551. The third-order valence-electron chi connectivity index (χ3n) is 2.91. The van der Waals surface area contributed by atoms with Gasteiger partial charge in [-0.1, -0.05) is 17.7 Å². The predicted molar refractivity (Wildman–Crippen MR) is 89.5 cm³/mol. The fraction of sp³-hybridized carbons (Fsp3) is 0.529. The second kappa shape index (κ2) is 8.30. The highest BCUT2D eigenvalue weighted by molar-refractivity contribution is 6.32. The number of rotatable bonds is 8. The Labute approximate surface area is 133 Å². The summed E-state index contributed by atoms with van der Waals surface area (Å²) >= 11 is 6.32. The Morgan fingerprint density at radius 3 is 2.62 bits per heavy atom. The van der Waals surface area contributed by atoms with Crippen LogP contribution in [0.2, 0.25) is 5.02 Å². The van der Waals surface area contributed by atoms with Gasteiger partial charge in [0, 0.05) is 12.1 Å². The fourth-order valence-corrected chi connectivity index (χ4v) is 2.07. The van der Waals surface area contributed by atoms with Crippen molar-refractivity contribution < 1.29 is 9.47 Å². The van der Waals surface area contributed by atoms with Gasteiger partial charge in [0.15, 0.2) is 11.5 Å².